The number of benzene rings is 1. The smallest absolute Gasteiger partial charge is 0.172 e. The summed E-state index contributed by atoms with van der Waals surface area (Å²) in [7, 11) is 0. The van der Waals surface area contributed by atoms with Crippen LogP contribution in [0.5, 0.6) is 0 Å². The largest absolute Gasteiger partial charge is 0.363 e. The van der Waals surface area contributed by atoms with Gasteiger partial charge in [0.15, 0.2) is 5.65 Å². The molecule has 0 unspecified atom stereocenters. The number of hydrogen-bond donors (Lipinski definition) is 1. The van der Waals surface area contributed by atoms with Gasteiger partial charge in [-0.15, -0.1) is 0 Å². The van der Waals surface area contributed by atoms with Crippen molar-refractivity contribution in [1.29, 1.82) is 0 Å². The van der Waals surface area contributed by atoms with Crippen molar-refractivity contribution in [3.05, 3.63) is 46.0 Å². The molecule has 0 spiro atoms. The zero-order chi connectivity index (χ0) is 15.7. The molecule has 7 heteroatoms. The maximum Gasteiger partial charge on any atom is 0.172 e. The predicted molar refractivity (Wildman–Crippen MR) is 90.3 cm³/mol. The van der Waals surface area contributed by atoms with Gasteiger partial charge in [0, 0.05) is 16.7 Å². The number of rotatable bonds is 4. The van der Waals surface area contributed by atoms with E-state index in [1.807, 2.05) is 30.3 Å². The second kappa shape index (κ2) is 6.06. The Morgan fingerprint density at radius 1 is 1.41 bits per heavy atom. The molecule has 3 aromatic rings. The van der Waals surface area contributed by atoms with Crippen LogP contribution in [0, 0.1) is 0 Å². The highest BCUT2D eigenvalue weighted by molar-refractivity contribution is 9.10. The Labute approximate surface area is 140 Å². The highest BCUT2D eigenvalue weighted by atomic mass is 79.9. The third-order valence-electron chi connectivity index (χ3n) is 3.10. The Hall–Kier alpha value is -1.92. The van der Waals surface area contributed by atoms with Crippen molar-refractivity contribution in [3.8, 4) is 11.3 Å². The summed E-state index contributed by atoms with van der Waals surface area (Å²) in [6.07, 6.45) is 1.66. The molecule has 5 nitrogen and oxygen atoms in total. The molecular weight excluding hydrogens is 368 g/mol. The third kappa shape index (κ3) is 2.84. The SMILES string of the molecule is CC(=O)CNc1cc(-c2ccccc2Cl)nc2c(Br)cnn12. The van der Waals surface area contributed by atoms with Crippen molar-refractivity contribution in [2.24, 2.45) is 0 Å². The van der Waals surface area contributed by atoms with E-state index in [-0.39, 0.29) is 12.3 Å². The van der Waals surface area contributed by atoms with E-state index < -0.39 is 0 Å². The number of carbonyl (C=O) groups is 1. The van der Waals surface area contributed by atoms with Crippen molar-refractivity contribution in [2.75, 3.05) is 11.9 Å². The van der Waals surface area contributed by atoms with Gasteiger partial charge in [0.2, 0.25) is 0 Å². The number of halogens is 2. The normalized spacial score (nSPS) is 10.9. The van der Waals surface area contributed by atoms with Gasteiger partial charge in [-0.3, -0.25) is 4.79 Å². The molecule has 0 aliphatic rings. The van der Waals surface area contributed by atoms with Gasteiger partial charge in [0.1, 0.15) is 11.6 Å². The number of anilines is 1. The van der Waals surface area contributed by atoms with Crippen LogP contribution in [0.1, 0.15) is 6.92 Å². The Morgan fingerprint density at radius 3 is 2.91 bits per heavy atom. The molecule has 0 bridgehead atoms. The monoisotopic (exact) mass is 378 g/mol. The minimum atomic E-state index is 0.0375. The van der Waals surface area contributed by atoms with Gasteiger partial charge in [-0.05, 0) is 28.9 Å². The zero-order valence-electron chi connectivity index (χ0n) is 11.7. The highest BCUT2D eigenvalue weighted by Crippen LogP contribution is 2.30. The van der Waals surface area contributed by atoms with E-state index in [9.17, 15) is 4.79 Å². The summed E-state index contributed by atoms with van der Waals surface area (Å²) in [6, 6.07) is 9.32. The van der Waals surface area contributed by atoms with Crippen LogP contribution in [0.2, 0.25) is 5.02 Å². The fraction of sp³-hybridized carbons (Fsp3) is 0.133. The van der Waals surface area contributed by atoms with Crippen LogP contribution in [0.25, 0.3) is 16.9 Å². The molecule has 0 radical (unpaired) electrons. The number of ketones is 1. The van der Waals surface area contributed by atoms with E-state index >= 15 is 0 Å². The van der Waals surface area contributed by atoms with E-state index in [4.69, 9.17) is 11.6 Å². The van der Waals surface area contributed by atoms with Gasteiger partial charge >= 0.3 is 0 Å². The maximum absolute atomic E-state index is 11.2. The summed E-state index contributed by atoms with van der Waals surface area (Å²) >= 11 is 9.69. The van der Waals surface area contributed by atoms with Crippen molar-refractivity contribution in [3.63, 3.8) is 0 Å². The molecule has 0 saturated heterocycles. The van der Waals surface area contributed by atoms with Crippen molar-refractivity contribution < 1.29 is 4.79 Å². The first kappa shape index (κ1) is 15.0. The molecule has 1 N–H and O–H groups in total. The maximum atomic E-state index is 11.2. The molecule has 1 aromatic carbocycles. The fourth-order valence-corrected chi connectivity index (χ4v) is 2.66. The van der Waals surface area contributed by atoms with Gasteiger partial charge in [0.25, 0.3) is 0 Å². The first-order valence-corrected chi connectivity index (χ1v) is 7.76. The van der Waals surface area contributed by atoms with E-state index in [0.717, 1.165) is 10.0 Å². The lowest BCUT2D eigenvalue weighted by atomic mass is 10.1. The average Bonchev–Trinajstić information content (AvgIpc) is 2.87. The number of Topliss-reactive ketones (excluding diaryl/α,β-unsaturated/α-hetero) is 1. The predicted octanol–water partition coefficient (Wildman–Crippen LogP) is 3.81. The Kier molecular flexibility index (Phi) is 4.13. The molecule has 112 valence electrons. The Balaban J connectivity index is 2.17. The van der Waals surface area contributed by atoms with Crippen LogP contribution >= 0.6 is 27.5 Å². The molecule has 0 aliphatic carbocycles. The van der Waals surface area contributed by atoms with Gasteiger partial charge in [0.05, 0.1) is 22.9 Å². The van der Waals surface area contributed by atoms with Gasteiger partial charge in [-0.2, -0.15) is 9.61 Å². The van der Waals surface area contributed by atoms with Crippen LogP contribution in [0.4, 0.5) is 5.82 Å². The standard InChI is InChI=1S/C15H12BrClN4O/c1-9(22)7-18-14-6-13(10-4-2-3-5-12(10)17)20-15-11(16)8-19-21(14)15/h2-6,8,18H,7H2,1H3. The zero-order valence-corrected chi connectivity index (χ0v) is 14.0. The molecule has 22 heavy (non-hydrogen) atoms. The lowest BCUT2D eigenvalue weighted by molar-refractivity contribution is -0.115. The molecule has 0 fully saturated rings. The summed E-state index contributed by atoms with van der Waals surface area (Å²) in [5.41, 5.74) is 2.19. The second-order valence-electron chi connectivity index (χ2n) is 4.79. The number of fused-ring (bicyclic) bond motifs is 1. The summed E-state index contributed by atoms with van der Waals surface area (Å²) in [5.74, 6) is 0.719. The lowest BCUT2D eigenvalue weighted by Gasteiger charge is -2.10. The number of carbonyl (C=O) groups excluding carboxylic acids is 1. The fourth-order valence-electron chi connectivity index (χ4n) is 2.08. The third-order valence-corrected chi connectivity index (χ3v) is 3.99. The quantitative estimate of drug-likeness (QED) is 0.749. The summed E-state index contributed by atoms with van der Waals surface area (Å²) < 4.78 is 2.42. The second-order valence-corrected chi connectivity index (χ2v) is 6.05. The molecule has 0 amide bonds. The summed E-state index contributed by atoms with van der Waals surface area (Å²) in [4.78, 5) is 15.8. The number of hydrogen-bond acceptors (Lipinski definition) is 4. The van der Waals surface area contributed by atoms with E-state index in [2.05, 4.69) is 31.3 Å². The van der Waals surface area contributed by atoms with Gasteiger partial charge < -0.3 is 5.32 Å². The van der Waals surface area contributed by atoms with Gasteiger partial charge in [-0.1, -0.05) is 29.8 Å². The first-order valence-electron chi connectivity index (χ1n) is 6.59. The molecule has 0 saturated carbocycles. The van der Waals surface area contributed by atoms with E-state index in [1.54, 1.807) is 10.7 Å². The highest BCUT2D eigenvalue weighted by Gasteiger charge is 2.13. The minimum absolute atomic E-state index is 0.0375. The molecule has 3 rings (SSSR count). The molecule has 0 atom stereocenters. The topological polar surface area (TPSA) is 59.3 Å². The van der Waals surface area contributed by atoms with Crippen LogP contribution < -0.4 is 5.32 Å². The van der Waals surface area contributed by atoms with Crippen LogP contribution in [0.3, 0.4) is 0 Å². The average molecular weight is 380 g/mol. The van der Waals surface area contributed by atoms with Crippen molar-refractivity contribution >= 4 is 44.8 Å². The lowest BCUT2D eigenvalue weighted by Crippen LogP contribution is -2.13. The molecular formula is C15H12BrClN4O. The van der Waals surface area contributed by atoms with Gasteiger partial charge in [-0.25, -0.2) is 4.98 Å². The van der Waals surface area contributed by atoms with Crippen molar-refractivity contribution in [1.82, 2.24) is 14.6 Å². The minimum Gasteiger partial charge on any atom is -0.363 e. The first-order chi connectivity index (χ1) is 10.6. The number of aromatic nitrogens is 3. The van der Waals surface area contributed by atoms with Crippen LogP contribution in [0.15, 0.2) is 41.0 Å². The van der Waals surface area contributed by atoms with E-state index in [1.165, 1.54) is 6.92 Å². The Morgan fingerprint density at radius 2 is 2.18 bits per heavy atom. The number of nitrogens with zero attached hydrogens (tertiary/aromatic N) is 3. The van der Waals surface area contributed by atoms with Crippen LogP contribution in [-0.4, -0.2) is 26.9 Å². The van der Waals surface area contributed by atoms with Crippen molar-refractivity contribution in [2.45, 2.75) is 6.92 Å². The van der Waals surface area contributed by atoms with E-state index in [0.29, 0.717) is 22.2 Å². The summed E-state index contributed by atoms with van der Waals surface area (Å²) in [5, 5.41) is 7.95. The molecule has 0 aliphatic heterocycles. The van der Waals surface area contributed by atoms with Crippen LogP contribution in [-0.2, 0) is 4.79 Å². The number of nitrogens with one attached hydrogen (secondary N) is 1. The Bertz CT molecular complexity index is 862. The molecule has 2 aromatic heterocycles. The molecule has 2 heterocycles. The summed E-state index contributed by atoms with van der Waals surface area (Å²) in [6.45, 7) is 1.75.